The van der Waals surface area contributed by atoms with E-state index in [0.29, 0.717) is 21.4 Å². The van der Waals surface area contributed by atoms with Gasteiger partial charge in [-0.1, -0.05) is 0 Å². The maximum Gasteiger partial charge on any atom is 0.263 e. The van der Waals surface area contributed by atoms with Crippen molar-refractivity contribution in [1.29, 1.82) is 0 Å². The van der Waals surface area contributed by atoms with Crippen molar-refractivity contribution in [2.45, 2.75) is 26.8 Å². The van der Waals surface area contributed by atoms with Gasteiger partial charge in [0.1, 0.15) is 4.88 Å². The summed E-state index contributed by atoms with van der Waals surface area (Å²) in [6, 6.07) is 1.61. The van der Waals surface area contributed by atoms with E-state index in [-0.39, 0.29) is 11.9 Å². The van der Waals surface area contributed by atoms with Gasteiger partial charge >= 0.3 is 0 Å². The number of hydrogen-bond donors (Lipinski definition) is 1. The van der Waals surface area contributed by atoms with Crippen LogP contribution in [0.2, 0.25) is 0 Å². The third-order valence-corrected chi connectivity index (χ3v) is 5.00. The topological polar surface area (TPSA) is 85.6 Å². The molecular formula is C16H18N6OS. The molecule has 124 valence electrons. The fourth-order valence-corrected chi connectivity index (χ4v) is 3.31. The van der Waals surface area contributed by atoms with Crippen LogP contribution in [0.1, 0.15) is 39.6 Å². The summed E-state index contributed by atoms with van der Waals surface area (Å²) < 4.78 is 1.79. The van der Waals surface area contributed by atoms with Crippen molar-refractivity contribution < 1.29 is 4.79 Å². The molecule has 3 aromatic rings. The van der Waals surface area contributed by atoms with E-state index in [4.69, 9.17) is 0 Å². The molecule has 3 rings (SSSR count). The number of nitrogens with one attached hydrogen (secondary N) is 1. The van der Waals surface area contributed by atoms with Gasteiger partial charge in [0.05, 0.1) is 17.9 Å². The molecule has 1 amide bonds. The second kappa shape index (κ2) is 6.48. The van der Waals surface area contributed by atoms with E-state index in [9.17, 15) is 4.79 Å². The Morgan fingerprint density at radius 3 is 2.62 bits per heavy atom. The van der Waals surface area contributed by atoms with E-state index in [0.717, 1.165) is 11.3 Å². The Balaban J connectivity index is 1.81. The zero-order valence-electron chi connectivity index (χ0n) is 13.9. The third kappa shape index (κ3) is 3.05. The van der Waals surface area contributed by atoms with Gasteiger partial charge in [0.15, 0.2) is 10.8 Å². The Morgan fingerprint density at radius 1 is 1.29 bits per heavy atom. The van der Waals surface area contributed by atoms with E-state index < -0.39 is 0 Å². The van der Waals surface area contributed by atoms with Gasteiger partial charge in [0.2, 0.25) is 0 Å². The Morgan fingerprint density at radius 2 is 2.00 bits per heavy atom. The Bertz CT molecular complexity index is 870. The molecule has 0 bridgehead atoms. The number of carbonyl (C=O) groups is 1. The van der Waals surface area contributed by atoms with Crippen LogP contribution in [0.4, 0.5) is 0 Å². The van der Waals surface area contributed by atoms with E-state index >= 15 is 0 Å². The number of hydrogen-bond acceptors (Lipinski definition) is 6. The molecule has 3 heterocycles. The van der Waals surface area contributed by atoms with Gasteiger partial charge in [-0.3, -0.25) is 9.48 Å². The lowest BCUT2D eigenvalue weighted by atomic mass is 10.1. The van der Waals surface area contributed by atoms with Gasteiger partial charge in [-0.25, -0.2) is 15.0 Å². The minimum absolute atomic E-state index is 0.135. The normalized spacial score (nSPS) is 12.2. The fraction of sp³-hybridized carbons (Fsp3) is 0.312. The molecular weight excluding hydrogens is 324 g/mol. The highest BCUT2D eigenvalue weighted by atomic mass is 32.1. The maximum absolute atomic E-state index is 12.6. The molecule has 1 N–H and O–H groups in total. The highest BCUT2D eigenvalue weighted by molar-refractivity contribution is 7.17. The smallest absolute Gasteiger partial charge is 0.263 e. The summed E-state index contributed by atoms with van der Waals surface area (Å²) in [6.07, 6.45) is 5.10. The Hall–Kier alpha value is -2.61. The van der Waals surface area contributed by atoms with E-state index in [1.54, 1.807) is 29.3 Å². The molecule has 0 aliphatic carbocycles. The number of nitrogens with zero attached hydrogens (tertiary/aromatic N) is 5. The molecule has 0 aliphatic rings. The number of rotatable bonds is 4. The lowest BCUT2D eigenvalue weighted by Crippen LogP contribution is -2.26. The number of aryl methyl sites for hydroxylation is 2. The quantitative estimate of drug-likeness (QED) is 0.787. The standard InChI is InChI=1S/C16H18N6OS/c1-9(12-8-19-22(4)11(12)3)20-15(23)13-10(2)21-16(24-13)14-17-6-5-7-18-14/h5-9H,1-4H3,(H,20,23). The molecule has 0 aliphatic heterocycles. The first kappa shape index (κ1) is 16.3. The van der Waals surface area contributed by atoms with Crippen molar-refractivity contribution in [2.75, 3.05) is 0 Å². The summed E-state index contributed by atoms with van der Waals surface area (Å²) >= 11 is 1.30. The minimum atomic E-state index is -0.150. The molecule has 24 heavy (non-hydrogen) atoms. The second-order valence-corrected chi connectivity index (χ2v) is 6.51. The average molecular weight is 342 g/mol. The van der Waals surface area contributed by atoms with Gasteiger partial charge < -0.3 is 5.32 Å². The first-order valence-electron chi connectivity index (χ1n) is 7.51. The molecule has 0 spiro atoms. The molecule has 0 saturated carbocycles. The van der Waals surface area contributed by atoms with Crippen LogP contribution in [-0.4, -0.2) is 30.6 Å². The molecule has 0 saturated heterocycles. The summed E-state index contributed by atoms with van der Waals surface area (Å²) in [6.45, 7) is 5.74. The summed E-state index contributed by atoms with van der Waals surface area (Å²) in [5.74, 6) is 0.378. The highest BCUT2D eigenvalue weighted by Gasteiger charge is 2.20. The molecule has 3 aromatic heterocycles. The van der Waals surface area contributed by atoms with Gasteiger partial charge in [-0.2, -0.15) is 5.10 Å². The van der Waals surface area contributed by atoms with Gasteiger partial charge in [0, 0.05) is 30.7 Å². The van der Waals surface area contributed by atoms with Gasteiger partial charge in [0.25, 0.3) is 5.91 Å². The van der Waals surface area contributed by atoms with Crippen LogP contribution in [-0.2, 0) is 7.05 Å². The third-order valence-electron chi connectivity index (χ3n) is 3.85. The van der Waals surface area contributed by atoms with Crippen LogP contribution in [0, 0.1) is 13.8 Å². The van der Waals surface area contributed by atoms with Crippen molar-refractivity contribution in [3.8, 4) is 10.8 Å². The minimum Gasteiger partial charge on any atom is -0.345 e. The summed E-state index contributed by atoms with van der Waals surface area (Å²) in [5, 5.41) is 7.87. The predicted octanol–water partition coefficient (Wildman–Crippen LogP) is 2.44. The SMILES string of the molecule is Cc1nc(-c2ncccn2)sc1C(=O)NC(C)c1cnn(C)c1C. The molecule has 0 fully saturated rings. The van der Waals surface area contributed by atoms with Crippen molar-refractivity contribution >= 4 is 17.2 Å². The first-order chi connectivity index (χ1) is 11.5. The Labute approximate surface area is 143 Å². The van der Waals surface area contributed by atoms with E-state index in [2.05, 4.69) is 25.4 Å². The van der Waals surface area contributed by atoms with Crippen LogP contribution >= 0.6 is 11.3 Å². The largest absolute Gasteiger partial charge is 0.345 e. The predicted molar refractivity (Wildman–Crippen MR) is 91.7 cm³/mol. The van der Waals surface area contributed by atoms with Crippen molar-refractivity contribution in [1.82, 2.24) is 30.0 Å². The lowest BCUT2D eigenvalue weighted by molar-refractivity contribution is 0.0943. The number of carbonyl (C=O) groups excluding carboxylic acids is 1. The molecule has 1 atom stereocenters. The maximum atomic E-state index is 12.6. The van der Waals surface area contributed by atoms with Gasteiger partial charge in [-0.05, 0) is 26.8 Å². The second-order valence-electron chi connectivity index (χ2n) is 5.51. The first-order valence-corrected chi connectivity index (χ1v) is 8.33. The van der Waals surface area contributed by atoms with Crippen LogP contribution in [0.3, 0.4) is 0 Å². The Kier molecular flexibility index (Phi) is 4.39. The van der Waals surface area contributed by atoms with Crippen molar-refractivity contribution in [3.05, 3.63) is 46.5 Å². The van der Waals surface area contributed by atoms with Crippen LogP contribution in [0.15, 0.2) is 24.7 Å². The van der Waals surface area contributed by atoms with Crippen LogP contribution in [0.5, 0.6) is 0 Å². The number of aromatic nitrogens is 5. The molecule has 1 unspecified atom stereocenters. The molecule has 8 heteroatoms. The molecule has 0 aromatic carbocycles. The van der Waals surface area contributed by atoms with Crippen LogP contribution in [0.25, 0.3) is 10.8 Å². The lowest BCUT2D eigenvalue weighted by Gasteiger charge is -2.13. The average Bonchev–Trinajstić information content (AvgIpc) is 3.12. The summed E-state index contributed by atoms with van der Waals surface area (Å²) in [7, 11) is 1.88. The van der Waals surface area contributed by atoms with E-state index in [1.807, 2.05) is 27.8 Å². The summed E-state index contributed by atoms with van der Waals surface area (Å²) in [5.41, 5.74) is 2.71. The van der Waals surface area contributed by atoms with Crippen molar-refractivity contribution in [3.63, 3.8) is 0 Å². The van der Waals surface area contributed by atoms with Crippen LogP contribution < -0.4 is 5.32 Å². The zero-order valence-corrected chi connectivity index (χ0v) is 14.8. The highest BCUT2D eigenvalue weighted by Crippen LogP contribution is 2.26. The number of thiazole rings is 1. The number of amides is 1. The van der Waals surface area contributed by atoms with E-state index in [1.165, 1.54) is 11.3 Å². The van der Waals surface area contributed by atoms with Crippen molar-refractivity contribution in [2.24, 2.45) is 7.05 Å². The molecule has 0 radical (unpaired) electrons. The fourth-order valence-electron chi connectivity index (χ4n) is 2.39. The monoisotopic (exact) mass is 342 g/mol. The zero-order chi connectivity index (χ0) is 17.3. The summed E-state index contributed by atoms with van der Waals surface area (Å²) in [4.78, 5) is 26.0. The van der Waals surface area contributed by atoms with Gasteiger partial charge in [-0.15, -0.1) is 11.3 Å². The molecule has 7 nitrogen and oxygen atoms in total.